The SMILES string of the molecule is Cc1c(CN(C)C(=O)/C=C/c2cnc3c(c2)CCC(NC(=O)OC(C)(C)C)C(=O)N3)oc2c(F)cccc12. The molecule has 0 saturated carbocycles. The Morgan fingerprint density at radius 3 is 2.82 bits per heavy atom. The number of nitrogens with one attached hydrogen (secondary N) is 2. The number of carbonyl (C=O) groups excluding carboxylic acids is 3. The van der Waals surface area contributed by atoms with Gasteiger partial charge in [0, 0.05) is 30.3 Å². The van der Waals surface area contributed by atoms with Gasteiger partial charge in [0.2, 0.25) is 11.8 Å². The number of para-hydroxylation sites is 1. The van der Waals surface area contributed by atoms with Crippen molar-refractivity contribution in [3.8, 4) is 0 Å². The van der Waals surface area contributed by atoms with Crippen LogP contribution in [0, 0.1) is 12.7 Å². The lowest BCUT2D eigenvalue weighted by Gasteiger charge is -2.22. The van der Waals surface area contributed by atoms with E-state index >= 15 is 0 Å². The number of likely N-dealkylation sites (N-methyl/N-ethyl adjacent to an activating group) is 1. The summed E-state index contributed by atoms with van der Waals surface area (Å²) in [4.78, 5) is 43.3. The summed E-state index contributed by atoms with van der Waals surface area (Å²) in [6, 6.07) is 5.83. The average molecular weight is 523 g/mol. The summed E-state index contributed by atoms with van der Waals surface area (Å²) >= 11 is 0. The molecule has 9 nitrogen and oxygen atoms in total. The van der Waals surface area contributed by atoms with Crippen molar-refractivity contribution >= 4 is 40.8 Å². The Morgan fingerprint density at radius 2 is 2.11 bits per heavy atom. The molecule has 3 amide bonds. The Hall–Kier alpha value is -4.21. The Labute approximate surface area is 220 Å². The number of fused-ring (bicyclic) bond motifs is 2. The van der Waals surface area contributed by atoms with Crippen molar-refractivity contribution in [1.82, 2.24) is 15.2 Å². The zero-order valence-electron chi connectivity index (χ0n) is 22.1. The highest BCUT2D eigenvalue weighted by molar-refractivity contribution is 5.97. The van der Waals surface area contributed by atoms with Gasteiger partial charge in [0.05, 0.1) is 6.54 Å². The van der Waals surface area contributed by atoms with Crippen LogP contribution in [0.15, 0.2) is 41.0 Å². The summed E-state index contributed by atoms with van der Waals surface area (Å²) in [6.45, 7) is 7.26. The van der Waals surface area contributed by atoms with Gasteiger partial charge < -0.3 is 24.7 Å². The van der Waals surface area contributed by atoms with Gasteiger partial charge >= 0.3 is 6.09 Å². The third-order valence-corrected chi connectivity index (χ3v) is 6.13. The van der Waals surface area contributed by atoms with Crippen LogP contribution in [-0.2, 0) is 27.3 Å². The Morgan fingerprint density at radius 1 is 1.34 bits per heavy atom. The first-order valence-corrected chi connectivity index (χ1v) is 12.3. The highest BCUT2D eigenvalue weighted by atomic mass is 19.1. The minimum absolute atomic E-state index is 0.183. The van der Waals surface area contributed by atoms with Crippen molar-refractivity contribution in [2.24, 2.45) is 0 Å². The fourth-order valence-electron chi connectivity index (χ4n) is 4.14. The molecule has 0 saturated heterocycles. The molecule has 3 aromatic rings. The molecular formula is C28H31FN4O5. The highest BCUT2D eigenvalue weighted by Gasteiger charge is 2.28. The average Bonchev–Trinajstić information content (AvgIpc) is 3.07. The molecule has 0 bridgehead atoms. The van der Waals surface area contributed by atoms with Gasteiger partial charge in [-0.05, 0) is 69.9 Å². The standard InChI is InChI=1S/C28H31FN4O5/c1-16-19-7-6-8-20(29)24(19)37-22(16)15-33(5)23(34)12-9-17-13-18-10-11-21(26(35)32-25(18)30-14-17)31-27(36)38-28(2,3)4/h6-9,12-14,21H,10-11,15H2,1-5H3,(H,31,36)(H,30,32,35)/b12-9+. The first kappa shape index (κ1) is 26.8. The van der Waals surface area contributed by atoms with Crippen LogP contribution in [0.4, 0.5) is 15.0 Å². The van der Waals surface area contributed by atoms with Gasteiger partial charge in [-0.15, -0.1) is 0 Å². The largest absolute Gasteiger partial charge is 0.456 e. The van der Waals surface area contributed by atoms with Crippen LogP contribution in [0.1, 0.15) is 49.6 Å². The predicted octanol–water partition coefficient (Wildman–Crippen LogP) is 4.73. The van der Waals surface area contributed by atoms with Gasteiger partial charge in [-0.2, -0.15) is 0 Å². The first-order valence-electron chi connectivity index (χ1n) is 12.3. The fraction of sp³-hybridized carbons (Fsp3) is 0.357. The second-order valence-corrected chi connectivity index (χ2v) is 10.3. The predicted molar refractivity (Wildman–Crippen MR) is 141 cm³/mol. The Kier molecular flexibility index (Phi) is 7.52. The summed E-state index contributed by atoms with van der Waals surface area (Å²) in [6.07, 6.45) is 4.80. The normalized spacial score (nSPS) is 15.6. The number of hydrogen-bond donors (Lipinski definition) is 2. The molecule has 0 aliphatic carbocycles. The van der Waals surface area contributed by atoms with Gasteiger partial charge in [0.25, 0.3) is 0 Å². The zero-order valence-corrected chi connectivity index (χ0v) is 22.1. The monoisotopic (exact) mass is 522 g/mol. The number of carbonyl (C=O) groups is 3. The van der Waals surface area contributed by atoms with Crippen molar-refractivity contribution in [1.29, 1.82) is 0 Å². The van der Waals surface area contributed by atoms with E-state index in [0.29, 0.717) is 35.4 Å². The van der Waals surface area contributed by atoms with Crippen molar-refractivity contribution in [2.75, 3.05) is 12.4 Å². The molecule has 1 aliphatic heterocycles. The number of halogens is 1. The summed E-state index contributed by atoms with van der Waals surface area (Å²) in [7, 11) is 1.64. The smallest absolute Gasteiger partial charge is 0.408 e. The van der Waals surface area contributed by atoms with E-state index in [4.69, 9.17) is 9.15 Å². The molecule has 0 radical (unpaired) electrons. The van der Waals surface area contributed by atoms with Gasteiger partial charge in [0.15, 0.2) is 11.4 Å². The molecule has 0 fully saturated rings. The summed E-state index contributed by atoms with van der Waals surface area (Å²) in [5.74, 6) is -0.147. The molecule has 2 aromatic heterocycles. The van der Waals surface area contributed by atoms with Crippen molar-refractivity contribution in [3.63, 3.8) is 0 Å². The van der Waals surface area contributed by atoms with Gasteiger partial charge in [-0.25, -0.2) is 14.2 Å². The Bertz CT molecular complexity index is 1420. The third-order valence-electron chi connectivity index (χ3n) is 6.13. The van der Waals surface area contributed by atoms with E-state index in [-0.39, 0.29) is 23.9 Å². The van der Waals surface area contributed by atoms with Crippen LogP contribution >= 0.6 is 0 Å². The summed E-state index contributed by atoms with van der Waals surface area (Å²) in [5.41, 5.74) is 1.77. The van der Waals surface area contributed by atoms with Gasteiger partial charge in [0.1, 0.15) is 23.2 Å². The van der Waals surface area contributed by atoms with Crippen molar-refractivity contribution < 1.29 is 27.9 Å². The zero-order chi connectivity index (χ0) is 27.6. The van der Waals surface area contributed by atoms with Crippen molar-refractivity contribution in [2.45, 2.75) is 58.7 Å². The molecule has 1 atom stereocenters. The Balaban J connectivity index is 1.40. The summed E-state index contributed by atoms with van der Waals surface area (Å²) in [5, 5.41) is 6.03. The number of furan rings is 1. The van der Waals surface area contributed by atoms with E-state index in [1.807, 2.05) is 13.0 Å². The fourth-order valence-corrected chi connectivity index (χ4v) is 4.14. The third kappa shape index (κ3) is 6.19. The number of aryl methyl sites for hydroxylation is 2. The number of rotatable bonds is 5. The van der Waals surface area contributed by atoms with E-state index in [9.17, 15) is 18.8 Å². The lowest BCUT2D eigenvalue weighted by molar-refractivity contribution is -0.125. The van der Waals surface area contributed by atoms with Crippen LogP contribution in [-0.4, -0.2) is 46.5 Å². The lowest BCUT2D eigenvalue weighted by Crippen LogP contribution is -2.45. The van der Waals surface area contributed by atoms with Crippen LogP contribution in [0.2, 0.25) is 0 Å². The van der Waals surface area contributed by atoms with Crippen molar-refractivity contribution in [3.05, 3.63) is 64.8 Å². The topological polar surface area (TPSA) is 114 Å². The number of alkyl carbamates (subject to hydrolysis) is 1. The number of hydrogen-bond acceptors (Lipinski definition) is 6. The second kappa shape index (κ2) is 10.6. The second-order valence-electron chi connectivity index (χ2n) is 10.3. The molecule has 10 heteroatoms. The number of aromatic nitrogens is 1. The molecule has 1 unspecified atom stereocenters. The number of ether oxygens (including phenoxy) is 1. The van der Waals surface area contributed by atoms with Crippen LogP contribution in [0.3, 0.4) is 0 Å². The number of nitrogens with zero attached hydrogens (tertiary/aromatic N) is 2. The maximum atomic E-state index is 14.0. The van der Waals surface area contributed by atoms with E-state index in [1.165, 1.54) is 17.0 Å². The van der Waals surface area contributed by atoms with E-state index < -0.39 is 23.6 Å². The number of amides is 3. The molecule has 4 rings (SSSR count). The molecule has 1 aliphatic rings. The van der Waals surface area contributed by atoms with Gasteiger partial charge in [-0.1, -0.05) is 12.1 Å². The van der Waals surface area contributed by atoms with E-state index in [2.05, 4.69) is 15.6 Å². The quantitative estimate of drug-likeness (QED) is 0.469. The number of pyridine rings is 1. The molecular weight excluding hydrogens is 491 g/mol. The molecule has 1 aromatic carbocycles. The molecule has 200 valence electrons. The van der Waals surface area contributed by atoms with Gasteiger partial charge in [-0.3, -0.25) is 9.59 Å². The lowest BCUT2D eigenvalue weighted by atomic mass is 10.1. The minimum Gasteiger partial charge on any atom is -0.456 e. The van der Waals surface area contributed by atoms with E-state index in [0.717, 1.165) is 11.1 Å². The number of anilines is 1. The maximum Gasteiger partial charge on any atom is 0.408 e. The molecule has 38 heavy (non-hydrogen) atoms. The van der Waals surface area contributed by atoms with E-state index in [1.54, 1.807) is 52.2 Å². The van der Waals surface area contributed by atoms with Crippen LogP contribution < -0.4 is 10.6 Å². The van der Waals surface area contributed by atoms with Crippen LogP contribution in [0.5, 0.6) is 0 Å². The number of benzene rings is 1. The first-order chi connectivity index (χ1) is 17.9. The molecule has 3 heterocycles. The maximum absolute atomic E-state index is 14.0. The molecule has 2 N–H and O–H groups in total. The molecule has 0 spiro atoms. The summed E-state index contributed by atoms with van der Waals surface area (Å²) < 4.78 is 25.0. The highest BCUT2D eigenvalue weighted by Crippen LogP contribution is 2.28. The minimum atomic E-state index is -0.761. The van der Waals surface area contributed by atoms with Crippen LogP contribution in [0.25, 0.3) is 17.0 Å².